The van der Waals surface area contributed by atoms with Crippen molar-refractivity contribution in [2.45, 2.75) is 38.7 Å². The first-order valence-electron chi connectivity index (χ1n) is 10.8. The number of aldehydes is 1. The van der Waals surface area contributed by atoms with Crippen molar-refractivity contribution >= 4 is 25.7 Å². The predicted molar refractivity (Wildman–Crippen MR) is 126 cm³/mol. The number of carbonyl (C=O) groups is 1. The minimum absolute atomic E-state index is 0.0224. The molecule has 0 saturated heterocycles. The molecule has 31 heavy (non-hydrogen) atoms. The van der Waals surface area contributed by atoms with E-state index in [1.165, 1.54) is 22.5 Å². The minimum Gasteiger partial charge on any atom is -0.407 e. The number of carbonyl (C=O) groups excluding carboxylic acids is 1. The fraction of sp³-hybridized carbons (Fsp3) is 0.296. The second-order valence-corrected chi connectivity index (χ2v) is 12.0. The van der Waals surface area contributed by atoms with Crippen LogP contribution in [0.4, 0.5) is 4.39 Å². The van der Waals surface area contributed by atoms with Gasteiger partial charge in [-0.3, -0.25) is 0 Å². The van der Waals surface area contributed by atoms with Gasteiger partial charge in [-0.2, -0.15) is 0 Å². The van der Waals surface area contributed by atoms with Crippen molar-refractivity contribution < 1.29 is 13.6 Å². The fourth-order valence-electron chi connectivity index (χ4n) is 4.65. The highest BCUT2D eigenvalue weighted by atomic mass is 28.3. The monoisotopic (exact) mass is 432 g/mol. The molecule has 0 aliphatic heterocycles. The van der Waals surface area contributed by atoms with E-state index in [2.05, 4.69) is 45.0 Å². The number of hydrogen-bond acceptors (Lipinski definition) is 2. The van der Waals surface area contributed by atoms with Crippen LogP contribution in [0.25, 0.3) is 0 Å². The highest BCUT2D eigenvalue weighted by Gasteiger charge is 2.61. The largest absolute Gasteiger partial charge is 0.407 e. The lowest BCUT2D eigenvalue weighted by molar-refractivity contribution is -0.110. The molecule has 1 aliphatic rings. The summed E-state index contributed by atoms with van der Waals surface area (Å²) in [7, 11) is -1.99. The zero-order valence-electron chi connectivity index (χ0n) is 18.3. The molecule has 0 radical (unpaired) electrons. The molecule has 1 aliphatic carbocycles. The Labute approximate surface area is 185 Å². The molecule has 3 aromatic rings. The van der Waals surface area contributed by atoms with Gasteiger partial charge in [-0.15, -0.1) is 0 Å². The third kappa shape index (κ3) is 4.41. The molecule has 0 N–H and O–H groups in total. The van der Waals surface area contributed by atoms with Gasteiger partial charge in [-0.05, 0) is 39.9 Å². The Hall–Kier alpha value is -2.56. The van der Waals surface area contributed by atoms with Crippen molar-refractivity contribution in [2.75, 3.05) is 0 Å². The lowest BCUT2D eigenvalue weighted by Crippen LogP contribution is -2.50. The van der Waals surface area contributed by atoms with E-state index in [0.29, 0.717) is 6.42 Å². The van der Waals surface area contributed by atoms with Crippen molar-refractivity contribution in [2.24, 2.45) is 11.3 Å². The van der Waals surface area contributed by atoms with Gasteiger partial charge in [0, 0.05) is 5.92 Å². The Balaban J connectivity index is 1.71. The van der Waals surface area contributed by atoms with Crippen LogP contribution in [0.15, 0.2) is 84.9 Å². The molecular formula is C27H29FO2Si. The summed E-state index contributed by atoms with van der Waals surface area (Å²) in [5.41, 5.74) is -0.0906. The van der Waals surface area contributed by atoms with Gasteiger partial charge in [-0.1, -0.05) is 93.6 Å². The van der Waals surface area contributed by atoms with E-state index < -0.39 is 14.5 Å². The number of benzene rings is 3. The van der Waals surface area contributed by atoms with E-state index in [-0.39, 0.29) is 23.3 Å². The lowest BCUT2D eigenvalue weighted by Gasteiger charge is -2.36. The molecule has 0 heterocycles. The first kappa shape index (κ1) is 21.7. The molecule has 160 valence electrons. The fourth-order valence-corrected chi connectivity index (χ4v) is 7.38. The first-order chi connectivity index (χ1) is 14.8. The third-order valence-electron chi connectivity index (χ3n) is 6.34. The predicted octanol–water partition coefficient (Wildman–Crippen LogP) is 4.25. The quantitative estimate of drug-likeness (QED) is 0.412. The van der Waals surface area contributed by atoms with Gasteiger partial charge in [-0.25, -0.2) is 4.39 Å². The van der Waals surface area contributed by atoms with Crippen LogP contribution in [0, 0.1) is 17.2 Å². The van der Waals surface area contributed by atoms with Crippen LogP contribution >= 0.6 is 0 Å². The van der Waals surface area contributed by atoms with Crippen LogP contribution in [0.1, 0.15) is 32.8 Å². The number of halogens is 1. The molecular weight excluding hydrogens is 403 g/mol. The van der Waals surface area contributed by atoms with Crippen molar-refractivity contribution in [3.05, 3.63) is 96.3 Å². The summed E-state index contributed by atoms with van der Waals surface area (Å²) in [6, 6.07) is 27.2. The zero-order chi connectivity index (χ0) is 22.1. The summed E-state index contributed by atoms with van der Waals surface area (Å²) in [5, 5.41) is 2.43. The third-order valence-corrected chi connectivity index (χ3v) is 8.88. The molecule has 0 aromatic heterocycles. The maximum absolute atomic E-state index is 13.9. The van der Waals surface area contributed by atoms with Crippen LogP contribution < -0.4 is 10.4 Å². The lowest BCUT2D eigenvalue weighted by atomic mass is 9.82. The normalized spacial score (nSPS) is 21.6. The van der Waals surface area contributed by atoms with Crippen molar-refractivity contribution in [1.29, 1.82) is 0 Å². The topological polar surface area (TPSA) is 26.3 Å². The van der Waals surface area contributed by atoms with E-state index in [9.17, 15) is 9.18 Å². The summed E-state index contributed by atoms with van der Waals surface area (Å²) in [4.78, 5) is 12.3. The van der Waals surface area contributed by atoms with Crippen LogP contribution in [0.2, 0.25) is 0 Å². The number of rotatable bonds is 7. The van der Waals surface area contributed by atoms with E-state index in [1.807, 2.05) is 42.5 Å². The van der Waals surface area contributed by atoms with Gasteiger partial charge in [0.25, 0.3) is 0 Å². The van der Waals surface area contributed by atoms with Crippen molar-refractivity contribution in [3.8, 4) is 0 Å². The van der Waals surface area contributed by atoms with E-state index >= 15 is 0 Å². The average Bonchev–Trinajstić information content (AvgIpc) is 3.50. The molecule has 1 unspecified atom stereocenters. The molecule has 0 amide bonds. The first-order valence-corrected chi connectivity index (χ1v) is 12.5. The zero-order valence-corrected chi connectivity index (χ0v) is 19.4. The van der Waals surface area contributed by atoms with Crippen LogP contribution in [0.3, 0.4) is 0 Å². The summed E-state index contributed by atoms with van der Waals surface area (Å²) in [5.74, 6) is -0.285. The summed E-state index contributed by atoms with van der Waals surface area (Å²) < 4.78 is 20.9. The molecule has 0 bridgehead atoms. The molecule has 4 rings (SSSR count). The Morgan fingerprint density at radius 3 is 2.03 bits per heavy atom. The second kappa shape index (κ2) is 8.52. The van der Waals surface area contributed by atoms with Crippen LogP contribution in [-0.4, -0.2) is 21.4 Å². The highest BCUT2D eigenvalue weighted by Crippen LogP contribution is 2.58. The molecule has 3 aromatic carbocycles. The summed E-state index contributed by atoms with van der Waals surface area (Å²) in [6.07, 6.45) is 1.57. The van der Waals surface area contributed by atoms with Crippen LogP contribution in [-0.2, 0) is 14.6 Å². The Bertz CT molecular complexity index is 992. The standard InChI is InChI=1S/C27H29FO2Si/c1-26(2,3)25(24-18-27(24,19-29)20-11-10-12-21(28)17-20)30-31(22-13-6-4-7-14-22)23-15-8-5-9-16-23/h4-17,19,24-25,31H,18H2,1-3H3/t24-,25?,27+/m1/s1. The Kier molecular flexibility index (Phi) is 5.95. The van der Waals surface area contributed by atoms with Crippen molar-refractivity contribution in [1.82, 2.24) is 0 Å². The average molecular weight is 433 g/mol. The summed E-state index contributed by atoms with van der Waals surface area (Å²) in [6.45, 7) is 6.50. The Morgan fingerprint density at radius 2 is 1.55 bits per heavy atom. The van der Waals surface area contributed by atoms with Gasteiger partial charge in [0.1, 0.15) is 12.1 Å². The van der Waals surface area contributed by atoms with Crippen molar-refractivity contribution in [3.63, 3.8) is 0 Å². The van der Waals surface area contributed by atoms with E-state index in [0.717, 1.165) is 11.8 Å². The molecule has 1 saturated carbocycles. The van der Waals surface area contributed by atoms with Gasteiger partial charge < -0.3 is 9.22 Å². The smallest absolute Gasteiger partial charge is 0.240 e. The SMILES string of the molecule is CC(C)(C)C(O[SiH](c1ccccc1)c1ccccc1)[C@H]1C[C@]1(C=O)c1cccc(F)c1. The maximum atomic E-state index is 13.9. The van der Waals surface area contributed by atoms with Gasteiger partial charge in [0.15, 0.2) is 0 Å². The van der Waals surface area contributed by atoms with Gasteiger partial charge in [0.2, 0.25) is 9.04 Å². The molecule has 2 nitrogen and oxygen atoms in total. The molecule has 4 heteroatoms. The molecule has 1 fully saturated rings. The highest BCUT2D eigenvalue weighted by molar-refractivity contribution is 6.80. The maximum Gasteiger partial charge on any atom is 0.240 e. The van der Waals surface area contributed by atoms with E-state index in [1.54, 1.807) is 6.07 Å². The van der Waals surface area contributed by atoms with Crippen LogP contribution in [0.5, 0.6) is 0 Å². The molecule has 0 spiro atoms. The summed E-state index contributed by atoms with van der Waals surface area (Å²) >= 11 is 0. The second-order valence-electron chi connectivity index (χ2n) is 9.60. The van der Waals surface area contributed by atoms with Gasteiger partial charge in [0.05, 0.1) is 11.5 Å². The minimum atomic E-state index is -1.99. The van der Waals surface area contributed by atoms with E-state index in [4.69, 9.17) is 4.43 Å². The van der Waals surface area contributed by atoms with Gasteiger partial charge >= 0.3 is 0 Å². The molecule has 3 atom stereocenters. The Morgan fingerprint density at radius 1 is 0.968 bits per heavy atom. The number of hydrogen-bond donors (Lipinski definition) is 0.